The van der Waals surface area contributed by atoms with Crippen molar-refractivity contribution in [3.63, 3.8) is 0 Å². The molecule has 0 saturated heterocycles. The van der Waals surface area contributed by atoms with Gasteiger partial charge in [-0.05, 0) is 5.56 Å². The fourth-order valence-corrected chi connectivity index (χ4v) is 1.50. The van der Waals surface area contributed by atoms with Crippen molar-refractivity contribution in [3.05, 3.63) is 35.9 Å². The van der Waals surface area contributed by atoms with Crippen LogP contribution in [0.15, 0.2) is 30.3 Å². The second-order valence-electron chi connectivity index (χ2n) is 3.97. The van der Waals surface area contributed by atoms with Gasteiger partial charge in [0.2, 0.25) is 5.91 Å². The van der Waals surface area contributed by atoms with Gasteiger partial charge in [0, 0.05) is 6.42 Å². The number of carbonyl (C=O) groups is 2. The summed E-state index contributed by atoms with van der Waals surface area (Å²) in [4.78, 5) is 22.6. The molecule has 0 heterocycles. The number of hydrogen-bond acceptors (Lipinski definition) is 3. The molecule has 0 saturated carbocycles. The highest BCUT2D eigenvalue weighted by Gasteiger charge is 2.21. The number of aliphatic carboxylic acids is 1. The molecule has 7 heteroatoms. The molecule has 1 atom stereocenters. The van der Waals surface area contributed by atoms with Crippen molar-refractivity contribution in [3.8, 4) is 0 Å². The molecule has 0 aliphatic heterocycles. The van der Waals surface area contributed by atoms with Crippen LogP contribution in [0.2, 0.25) is 0 Å². The monoisotopic (exact) mass is 287 g/mol. The zero-order chi connectivity index (χ0) is 15.0. The molecule has 20 heavy (non-hydrogen) atoms. The zero-order valence-corrected chi connectivity index (χ0v) is 10.6. The number of halogens is 2. The molecule has 0 bridgehead atoms. The van der Waals surface area contributed by atoms with Crippen LogP contribution in [0.25, 0.3) is 0 Å². The number of carboxylic acid groups (broad SMARTS) is 1. The minimum absolute atomic E-state index is 0.177. The van der Waals surface area contributed by atoms with Crippen molar-refractivity contribution in [1.29, 1.82) is 0 Å². The third-order valence-corrected chi connectivity index (χ3v) is 2.40. The molecular formula is C13H15F2NO4. The van der Waals surface area contributed by atoms with E-state index >= 15 is 0 Å². The van der Waals surface area contributed by atoms with Crippen molar-refractivity contribution >= 4 is 11.9 Å². The number of ether oxygens (including phenoxy) is 1. The van der Waals surface area contributed by atoms with Gasteiger partial charge in [0.25, 0.3) is 6.43 Å². The van der Waals surface area contributed by atoms with E-state index < -0.39 is 31.0 Å². The average molecular weight is 287 g/mol. The lowest BCUT2D eigenvalue weighted by molar-refractivity contribution is -0.142. The lowest BCUT2D eigenvalue weighted by Crippen LogP contribution is -2.34. The highest BCUT2D eigenvalue weighted by Crippen LogP contribution is 2.12. The standard InChI is InChI=1S/C13H15F2NO4/c14-10(15)8-20-7-6-11(17)16-12(13(18)19)9-4-2-1-3-5-9/h1-5,10,12H,6-8H2,(H,16,17)(H,18,19). The van der Waals surface area contributed by atoms with Crippen molar-refractivity contribution < 1.29 is 28.2 Å². The molecule has 0 spiro atoms. The van der Waals surface area contributed by atoms with Gasteiger partial charge in [-0.1, -0.05) is 30.3 Å². The van der Waals surface area contributed by atoms with Gasteiger partial charge >= 0.3 is 5.97 Å². The third kappa shape index (κ3) is 5.75. The summed E-state index contributed by atoms with van der Waals surface area (Å²) >= 11 is 0. The van der Waals surface area contributed by atoms with Crippen LogP contribution in [0.3, 0.4) is 0 Å². The Hall–Kier alpha value is -2.02. The first-order valence-corrected chi connectivity index (χ1v) is 5.93. The maximum Gasteiger partial charge on any atom is 0.330 e. The van der Waals surface area contributed by atoms with Gasteiger partial charge in [0.1, 0.15) is 6.61 Å². The number of carboxylic acids is 1. The van der Waals surface area contributed by atoms with E-state index in [-0.39, 0.29) is 13.0 Å². The Kier molecular flexibility index (Phi) is 6.58. The predicted molar refractivity (Wildman–Crippen MR) is 66.4 cm³/mol. The van der Waals surface area contributed by atoms with Gasteiger partial charge in [-0.25, -0.2) is 13.6 Å². The van der Waals surface area contributed by atoms with E-state index in [0.29, 0.717) is 5.56 Å². The fourth-order valence-electron chi connectivity index (χ4n) is 1.50. The van der Waals surface area contributed by atoms with Crippen molar-refractivity contribution in [2.24, 2.45) is 0 Å². The van der Waals surface area contributed by atoms with E-state index in [9.17, 15) is 18.4 Å². The Labute approximate surface area is 114 Å². The number of alkyl halides is 2. The van der Waals surface area contributed by atoms with Gasteiger partial charge in [-0.2, -0.15) is 0 Å². The highest BCUT2D eigenvalue weighted by atomic mass is 19.3. The Morgan fingerprint density at radius 2 is 1.90 bits per heavy atom. The molecule has 1 amide bonds. The Bertz CT molecular complexity index is 439. The Morgan fingerprint density at radius 3 is 2.45 bits per heavy atom. The maximum absolute atomic E-state index is 11.8. The molecule has 0 aromatic heterocycles. The van der Waals surface area contributed by atoms with E-state index in [4.69, 9.17) is 5.11 Å². The van der Waals surface area contributed by atoms with E-state index in [1.165, 1.54) is 0 Å². The Morgan fingerprint density at radius 1 is 1.25 bits per heavy atom. The smallest absolute Gasteiger partial charge is 0.330 e. The van der Waals surface area contributed by atoms with Crippen LogP contribution in [-0.4, -0.2) is 36.6 Å². The number of nitrogens with one attached hydrogen (secondary N) is 1. The van der Waals surface area contributed by atoms with Crippen molar-refractivity contribution in [2.75, 3.05) is 13.2 Å². The van der Waals surface area contributed by atoms with Crippen LogP contribution in [0.4, 0.5) is 8.78 Å². The summed E-state index contributed by atoms with van der Waals surface area (Å²) in [6.45, 7) is -0.925. The van der Waals surface area contributed by atoms with Crippen LogP contribution in [0, 0.1) is 0 Å². The van der Waals surface area contributed by atoms with Crippen LogP contribution < -0.4 is 5.32 Å². The SMILES string of the molecule is O=C(CCOCC(F)F)NC(C(=O)O)c1ccccc1. The highest BCUT2D eigenvalue weighted by molar-refractivity contribution is 5.84. The first-order valence-electron chi connectivity index (χ1n) is 5.93. The fraction of sp³-hybridized carbons (Fsp3) is 0.385. The summed E-state index contributed by atoms with van der Waals surface area (Å²) < 4.78 is 28.1. The summed E-state index contributed by atoms with van der Waals surface area (Å²) in [7, 11) is 0. The van der Waals surface area contributed by atoms with Gasteiger partial charge in [-0.3, -0.25) is 4.79 Å². The van der Waals surface area contributed by atoms with Crippen LogP contribution in [0.5, 0.6) is 0 Å². The summed E-state index contributed by atoms with van der Waals surface area (Å²) in [6.07, 6.45) is -2.77. The number of amides is 1. The van der Waals surface area contributed by atoms with Crippen LogP contribution in [0.1, 0.15) is 18.0 Å². The van der Waals surface area contributed by atoms with E-state index in [1.807, 2.05) is 0 Å². The largest absolute Gasteiger partial charge is 0.479 e. The van der Waals surface area contributed by atoms with Crippen molar-refractivity contribution in [2.45, 2.75) is 18.9 Å². The molecule has 0 aliphatic rings. The Balaban J connectivity index is 2.46. The predicted octanol–water partition coefficient (Wildman–Crippen LogP) is 1.60. The molecule has 110 valence electrons. The lowest BCUT2D eigenvalue weighted by atomic mass is 10.1. The minimum Gasteiger partial charge on any atom is -0.479 e. The van der Waals surface area contributed by atoms with Gasteiger partial charge in [-0.15, -0.1) is 0 Å². The molecule has 5 nitrogen and oxygen atoms in total. The second-order valence-corrected chi connectivity index (χ2v) is 3.97. The molecule has 0 radical (unpaired) electrons. The van der Waals surface area contributed by atoms with Gasteiger partial charge in [0.15, 0.2) is 6.04 Å². The second kappa shape index (κ2) is 8.21. The summed E-state index contributed by atoms with van der Waals surface area (Å²) in [6, 6.07) is 7.02. The molecule has 1 aromatic carbocycles. The van der Waals surface area contributed by atoms with Gasteiger partial charge < -0.3 is 15.2 Å². The molecule has 1 aromatic rings. The molecule has 1 rings (SSSR count). The first kappa shape index (κ1) is 16.0. The van der Waals surface area contributed by atoms with E-state index in [1.54, 1.807) is 30.3 Å². The summed E-state index contributed by atoms with van der Waals surface area (Å²) in [5, 5.41) is 11.4. The number of rotatable bonds is 8. The van der Waals surface area contributed by atoms with Crippen molar-refractivity contribution in [1.82, 2.24) is 5.32 Å². The topological polar surface area (TPSA) is 75.6 Å². The number of hydrogen-bond donors (Lipinski definition) is 2. The van der Waals surface area contributed by atoms with E-state index in [2.05, 4.69) is 10.1 Å². The third-order valence-electron chi connectivity index (χ3n) is 2.40. The summed E-state index contributed by atoms with van der Waals surface area (Å²) in [5.41, 5.74) is 0.432. The average Bonchev–Trinajstić information content (AvgIpc) is 2.41. The summed E-state index contributed by atoms with van der Waals surface area (Å²) in [5.74, 6) is -1.77. The number of carbonyl (C=O) groups excluding carboxylic acids is 1. The van der Waals surface area contributed by atoms with Crippen LogP contribution in [-0.2, 0) is 14.3 Å². The molecule has 2 N–H and O–H groups in total. The molecule has 1 unspecified atom stereocenters. The maximum atomic E-state index is 11.8. The van der Waals surface area contributed by atoms with Crippen LogP contribution >= 0.6 is 0 Å². The number of benzene rings is 1. The normalized spacial score (nSPS) is 12.2. The molecular weight excluding hydrogens is 272 g/mol. The minimum atomic E-state index is -2.59. The first-order chi connectivity index (χ1) is 9.50. The lowest BCUT2D eigenvalue weighted by Gasteiger charge is -2.14. The van der Waals surface area contributed by atoms with Gasteiger partial charge in [0.05, 0.1) is 6.61 Å². The molecule has 0 fully saturated rings. The van der Waals surface area contributed by atoms with E-state index in [0.717, 1.165) is 0 Å². The quantitative estimate of drug-likeness (QED) is 0.712. The molecule has 0 aliphatic carbocycles. The zero-order valence-electron chi connectivity index (χ0n) is 10.6.